The largest absolute Gasteiger partial charge is 0.326 e. The summed E-state index contributed by atoms with van der Waals surface area (Å²) in [5.74, 6) is -0.109. The van der Waals surface area contributed by atoms with E-state index in [1.165, 1.54) is 6.07 Å². The molecule has 0 atom stereocenters. The van der Waals surface area contributed by atoms with Gasteiger partial charge in [0.25, 0.3) is 5.69 Å². The van der Waals surface area contributed by atoms with Crippen LogP contribution in [-0.4, -0.2) is 16.5 Å². The van der Waals surface area contributed by atoms with Crippen molar-refractivity contribution < 1.29 is 9.72 Å². The summed E-state index contributed by atoms with van der Waals surface area (Å²) >= 11 is 5.80. The van der Waals surface area contributed by atoms with Crippen LogP contribution in [0.25, 0.3) is 0 Å². The molecule has 0 aromatic heterocycles. The number of rotatable bonds is 5. The van der Waals surface area contributed by atoms with Gasteiger partial charge in [-0.05, 0) is 42.3 Å². The maximum atomic E-state index is 12.0. The van der Waals surface area contributed by atoms with E-state index in [4.69, 9.17) is 11.6 Å². The van der Waals surface area contributed by atoms with E-state index in [9.17, 15) is 14.9 Å². The second kappa shape index (κ2) is 6.80. The standard InChI is InChI=1S/C17H14ClN3O3/c18-12-1-3-13(4-2-12)20-17(22)8-5-14-9-11-10-15(21(23)24)6-7-16(11)19-14/h1-4,6-7,10H,5,8-9H2,(H,20,22). The van der Waals surface area contributed by atoms with Crippen molar-refractivity contribution in [3.05, 3.63) is 63.2 Å². The van der Waals surface area contributed by atoms with Crippen molar-refractivity contribution in [2.24, 2.45) is 4.99 Å². The third-order valence-electron chi connectivity index (χ3n) is 3.72. The summed E-state index contributed by atoms with van der Waals surface area (Å²) in [5.41, 5.74) is 3.19. The minimum atomic E-state index is -0.419. The molecule has 0 saturated heterocycles. The Bertz CT molecular complexity index is 831. The number of hydrogen-bond acceptors (Lipinski definition) is 4. The number of non-ortho nitro benzene ring substituents is 1. The third kappa shape index (κ3) is 3.78. The van der Waals surface area contributed by atoms with E-state index in [0.29, 0.717) is 30.0 Å². The fourth-order valence-corrected chi connectivity index (χ4v) is 2.65. The van der Waals surface area contributed by atoms with Crippen LogP contribution in [0, 0.1) is 10.1 Å². The lowest BCUT2D eigenvalue weighted by Crippen LogP contribution is -2.13. The van der Waals surface area contributed by atoms with E-state index < -0.39 is 4.92 Å². The Morgan fingerprint density at radius 3 is 2.71 bits per heavy atom. The molecule has 1 aliphatic rings. The van der Waals surface area contributed by atoms with Crippen molar-refractivity contribution in [3.8, 4) is 0 Å². The van der Waals surface area contributed by atoms with E-state index in [1.54, 1.807) is 36.4 Å². The molecule has 1 heterocycles. The summed E-state index contributed by atoms with van der Waals surface area (Å²) in [4.78, 5) is 26.8. The van der Waals surface area contributed by atoms with Crippen LogP contribution in [0.5, 0.6) is 0 Å². The van der Waals surface area contributed by atoms with Crippen LogP contribution in [-0.2, 0) is 11.2 Å². The number of carbonyl (C=O) groups is 1. The molecule has 122 valence electrons. The predicted molar refractivity (Wildman–Crippen MR) is 93.2 cm³/mol. The highest BCUT2D eigenvalue weighted by Gasteiger charge is 2.18. The van der Waals surface area contributed by atoms with Gasteiger partial charge in [-0.25, -0.2) is 0 Å². The van der Waals surface area contributed by atoms with Gasteiger partial charge in [0.05, 0.1) is 10.6 Å². The lowest BCUT2D eigenvalue weighted by atomic mass is 10.1. The van der Waals surface area contributed by atoms with Crippen LogP contribution in [0.2, 0.25) is 5.02 Å². The number of aliphatic imine (C=N–C) groups is 1. The molecule has 2 aromatic rings. The molecule has 1 amide bonds. The van der Waals surface area contributed by atoms with Gasteiger partial charge in [-0.15, -0.1) is 0 Å². The van der Waals surface area contributed by atoms with Crippen LogP contribution in [0.15, 0.2) is 47.5 Å². The molecule has 1 N–H and O–H groups in total. The van der Waals surface area contributed by atoms with Crippen LogP contribution >= 0.6 is 11.6 Å². The Kier molecular flexibility index (Phi) is 4.57. The number of anilines is 1. The number of amides is 1. The number of nitrogens with one attached hydrogen (secondary N) is 1. The number of nitro groups is 1. The van der Waals surface area contributed by atoms with E-state index in [1.807, 2.05) is 0 Å². The number of benzene rings is 2. The molecular formula is C17H14ClN3O3. The molecule has 0 unspecified atom stereocenters. The van der Waals surface area contributed by atoms with Crippen molar-refractivity contribution in [3.63, 3.8) is 0 Å². The first-order valence-electron chi connectivity index (χ1n) is 7.40. The summed E-state index contributed by atoms with van der Waals surface area (Å²) in [5, 5.41) is 14.2. The van der Waals surface area contributed by atoms with Gasteiger partial charge in [0.1, 0.15) is 0 Å². The fourth-order valence-electron chi connectivity index (χ4n) is 2.52. The average Bonchev–Trinajstić information content (AvgIpc) is 2.97. The Morgan fingerprint density at radius 1 is 1.25 bits per heavy atom. The predicted octanol–water partition coefficient (Wildman–Crippen LogP) is 4.30. The van der Waals surface area contributed by atoms with Gasteiger partial charge in [-0.3, -0.25) is 19.9 Å². The van der Waals surface area contributed by atoms with E-state index in [-0.39, 0.29) is 11.6 Å². The van der Waals surface area contributed by atoms with Gasteiger partial charge >= 0.3 is 0 Å². The van der Waals surface area contributed by atoms with Crippen molar-refractivity contribution in [1.29, 1.82) is 0 Å². The number of nitro benzene ring substituents is 1. The van der Waals surface area contributed by atoms with Gasteiger partial charge in [0, 0.05) is 41.4 Å². The van der Waals surface area contributed by atoms with E-state index in [2.05, 4.69) is 10.3 Å². The summed E-state index contributed by atoms with van der Waals surface area (Å²) in [7, 11) is 0. The number of halogens is 1. The van der Waals surface area contributed by atoms with Crippen LogP contribution in [0.3, 0.4) is 0 Å². The van der Waals surface area contributed by atoms with E-state index in [0.717, 1.165) is 17.0 Å². The Morgan fingerprint density at radius 2 is 2.00 bits per heavy atom. The fraction of sp³-hybridized carbons (Fsp3) is 0.176. The first-order chi connectivity index (χ1) is 11.5. The summed E-state index contributed by atoms with van der Waals surface area (Å²) < 4.78 is 0. The highest BCUT2D eigenvalue weighted by atomic mass is 35.5. The molecule has 6 nitrogen and oxygen atoms in total. The lowest BCUT2D eigenvalue weighted by Gasteiger charge is -2.05. The zero-order valence-corrected chi connectivity index (χ0v) is 13.4. The molecule has 0 aliphatic carbocycles. The zero-order chi connectivity index (χ0) is 17.1. The van der Waals surface area contributed by atoms with Gasteiger partial charge in [0.15, 0.2) is 0 Å². The van der Waals surface area contributed by atoms with Crippen molar-refractivity contribution in [2.45, 2.75) is 19.3 Å². The molecule has 0 saturated carbocycles. The SMILES string of the molecule is O=C(CCC1=Nc2ccc([N+](=O)[O-])cc2C1)Nc1ccc(Cl)cc1. The van der Waals surface area contributed by atoms with Crippen molar-refractivity contribution in [1.82, 2.24) is 0 Å². The molecule has 0 spiro atoms. The second-order valence-electron chi connectivity index (χ2n) is 5.48. The third-order valence-corrected chi connectivity index (χ3v) is 3.97. The lowest BCUT2D eigenvalue weighted by molar-refractivity contribution is -0.384. The molecule has 3 rings (SSSR count). The summed E-state index contributed by atoms with van der Waals surface area (Å²) in [6.45, 7) is 0. The number of fused-ring (bicyclic) bond motifs is 1. The first kappa shape index (κ1) is 16.1. The normalized spacial score (nSPS) is 12.5. The van der Waals surface area contributed by atoms with Crippen LogP contribution < -0.4 is 5.32 Å². The van der Waals surface area contributed by atoms with Gasteiger partial charge < -0.3 is 5.32 Å². The molecular weight excluding hydrogens is 330 g/mol. The Hall–Kier alpha value is -2.73. The second-order valence-corrected chi connectivity index (χ2v) is 5.92. The molecule has 0 bridgehead atoms. The smallest absolute Gasteiger partial charge is 0.269 e. The van der Waals surface area contributed by atoms with E-state index >= 15 is 0 Å². The molecule has 0 radical (unpaired) electrons. The van der Waals surface area contributed by atoms with Gasteiger partial charge in [0.2, 0.25) is 5.91 Å². The highest BCUT2D eigenvalue weighted by molar-refractivity contribution is 6.30. The first-order valence-corrected chi connectivity index (χ1v) is 7.78. The average molecular weight is 344 g/mol. The van der Waals surface area contributed by atoms with Crippen molar-refractivity contribution >= 4 is 40.3 Å². The van der Waals surface area contributed by atoms with Crippen molar-refractivity contribution in [2.75, 3.05) is 5.32 Å². The topological polar surface area (TPSA) is 84.6 Å². The summed E-state index contributed by atoms with van der Waals surface area (Å²) in [6, 6.07) is 11.5. The summed E-state index contributed by atoms with van der Waals surface area (Å²) in [6.07, 6.45) is 1.37. The molecule has 24 heavy (non-hydrogen) atoms. The van der Waals surface area contributed by atoms with Gasteiger partial charge in [-0.1, -0.05) is 11.6 Å². The number of carbonyl (C=O) groups excluding carboxylic acids is 1. The molecule has 2 aromatic carbocycles. The maximum Gasteiger partial charge on any atom is 0.269 e. The highest BCUT2D eigenvalue weighted by Crippen LogP contribution is 2.31. The monoisotopic (exact) mass is 343 g/mol. The number of nitrogens with zero attached hydrogens (tertiary/aromatic N) is 2. The number of hydrogen-bond donors (Lipinski definition) is 1. The quantitative estimate of drug-likeness (QED) is 0.649. The van der Waals surface area contributed by atoms with Crippen LogP contribution in [0.4, 0.5) is 17.1 Å². The Labute approximate surface area is 143 Å². The van der Waals surface area contributed by atoms with Crippen LogP contribution in [0.1, 0.15) is 18.4 Å². The molecule has 1 aliphatic heterocycles. The van der Waals surface area contributed by atoms with Gasteiger partial charge in [-0.2, -0.15) is 0 Å². The Balaban J connectivity index is 1.55. The minimum Gasteiger partial charge on any atom is -0.326 e. The molecule has 0 fully saturated rings. The minimum absolute atomic E-state index is 0.0608. The maximum absolute atomic E-state index is 12.0. The molecule has 7 heteroatoms. The zero-order valence-electron chi connectivity index (χ0n) is 12.7.